The van der Waals surface area contributed by atoms with Crippen LogP contribution in [0.1, 0.15) is 25.3 Å². The fraction of sp³-hybridized carbons (Fsp3) is 0.467. The lowest BCUT2D eigenvalue weighted by Gasteiger charge is -2.37. The summed E-state index contributed by atoms with van der Waals surface area (Å²) in [6.45, 7) is 3.12. The van der Waals surface area contributed by atoms with Crippen molar-refractivity contribution in [2.24, 2.45) is 11.1 Å². The molecule has 19 heavy (non-hydrogen) atoms. The quantitative estimate of drug-likeness (QED) is 0.891. The molecule has 0 aromatic heterocycles. The molecule has 1 aliphatic rings. The number of primary amides is 1. The lowest BCUT2D eigenvalue weighted by atomic mass is 9.79. The Morgan fingerprint density at radius 3 is 2.32 bits per heavy atom. The van der Waals surface area contributed by atoms with Gasteiger partial charge in [0.1, 0.15) is 0 Å². The van der Waals surface area contributed by atoms with E-state index in [2.05, 4.69) is 0 Å². The Morgan fingerprint density at radius 1 is 1.21 bits per heavy atom. The molecule has 102 valence electrons. The summed E-state index contributed by atoms with van der Waals surface area (Å²) >= 11 is 0. The summed E-state index contributed by atoms with van der Waals surface area (Å²) in [6, 6.07) is 9.71. The van der Waals surface area contributed by atoms with Crippen LogP contribution in [0.4, 0.5) is 0 Å². The SMILES string of the molecule is CC1(C(N)=O)CCN(C(=O)Cc2ccccc2)CC1. The number of hydrogen-bond donors (Lipinski definition) is 1. The Morgan fingerprint density at radius 2 is 1.79 bits per heavy atom. The van der Waals surface area contributed by atoms with Gasteiger partial charge in [-0.3, -0.25) is 9.59 Å². The molecule has 0 bridgehead atoms. The van der Waals surface area contributed by atoms with Gasteiger partial charge in [0.05, 0.1) is 6.42 Å². The first-order valence-corrected chi connectivity index (χ1v) is 6.63. The third-order valence-electron chi connectivity index (χ3n) is 4.01. The van der Waals surface area contributed by atoms with Gasteiger partial charge in [-0.05, 0) is 18.4 Å². The fourth-order valence-corrected chi connectivity index (χ4v) is 2.38. The zero-order valence-corrected chi connectivity index (χ0v) is 11.3. The van der Waals surface area contributed by atoms with E-state index in [9.17, 15) is 9.59 Å². The molecule has 4 heteroatoms. The molecular weight excluding hydrogens is 240 g/mol. The van der Waals surface area contributed by atoms with E-state index in [1.54, 1.807) is 0 Å². The smallest absolute Gasteiger partial charge is 0.226 e. The van der Waals surface area contributed by atoms with Crippen LogP contribution >= 0.6 is 0 Å². The van der Waals surface area contributed by atoms with Gasteiger partial charge in [-0.25, -0.2) is 0 Å². The molecule has 1 aromatic rings. The van der Waals surface area contributed by atoms with Crippen LogP contribution in [0.25, 0.3) is 0 Å². The predicted molar refractivity (Wildman–Crippen MR) is 73.3 cm³/mol. The maximum absolute atomic E-state index is 12.2. The summed E-state index contributed by atoms with van der Waals surface area (Å²) in [7, 11) is 0. The number of nitrogens with two attached hydrogens (primary N) is 1. The number of rotatable bonds is 3. The van der Waals surface area contributed by atoms with E-state index in [0.717, 1.165) is 5.56 Å². The molecule has 1 heterocycles. The lowest BCUT2D eigenvalue weighted by molar-refractivity contribution is -0.137. The molecule has 1 aliphatic heterocycles. The van der Waals surface area contributed by atoms with Crippen molar-refractivity contribution in [1.29, 1.82) is 0 Å². The molecule has 2 amide bonds. The van der Waals surface area contributed by atoms with E-state index in [1.165, 1.54) is 0 Å². The maximum Gasteiger partial charge on any atom is 0.226 e. The molecule has 2 rings (SSSR count). The summed E-state index contributed by atoms with van der Waals surface area (Å²) in [6.07, 6.45) is 1.74. The number of hydrogen-bond acceptors (Lipinski definition) is 2. The van der Waals surface area contributed by atoms with Gasteiger partial charge >= 0.3 is 0 Å². The Kier molecular flexibility index (Phi) is 3.88. The Labute approximate surface area is 113 Å². The first-order valence-electron chi connectivity index (χ1n) is 6.63. The van der Waals surface area contributed by atoms with Crippen LogP contribution in [0.5, 0.6) is 0 Å². The minimum atomic E-state index is -0.455. The predicted octanol–water partition coefficient (Wildman–Crippen LogP) is 1.34. The van der Waals surface area contributed by atoms with Crippen molar-refractivity contribution in [3.63, 3.8) is 0 Å². The van der Waals surface area contributed by atoms with Gasteiger partial charge in [-0.1, -0.05) is 37.3 Å². The number of likely N-dealkylation sites (tertiary alicyclic amines) is 1. The molecule has 0 unspecified atom stereocenters. The van der Waals surface area contributed by atoms with E-state index < -0.39 is 5.41 Å². The zero-order valence-electron chi connectivity index (χ0n) is 11.3. The van der Waals surface area contributed by atoms with Crippen molar-refractivity contribution in [2.45, 2.75) is 26.2 Å². The van der Waals surface area contributed by atoms with Crippen molar-refractivity contribution >= 4 is 11.8 Å². The van der Waals surface area contributed by atoms with E-state index in [1.807, 2.05) is 42.2 Å². The summed E-state index contributed by atoms with van der Waals surface area (Å²) in [5.41, 5.74) is 5.97. The minimum Gasteiger partial charge on any atom is -0.369 e. The summed E-state index contributed by atoms with van der Waals surface area (Å²) in [5.74, 6) is -0.139. The average molecular weight is 260 g/mol. The largest absolute Gasteiger partial charge is 0.369 e. The van der Waals surface area contributed by atoms with E-state index in [-0.39, 0.29) is 11.8 Å². The van der Waals surface area contributed by atoms with Crippen molar-refractivity contribution in [3.8, 4) is 0 Å². The van der Waals surface area contributed by atoms with Gasteiger partial charge in [0, 0.05) is 18.5 Å². The van der Waals surface area contributed by atoms with Crippen LogP contribution in [0.2, 0.25) is 0 Å². The van der Waals surface area contributed by atoms with Gasteiger partial charge in [-0.2, -0.15) is 0 Å². The van der Waals surface area contributed by atoms with Crippen molar-refractivity contribution in [1.82, 2.24) is 4.90 Å². The van der Waals surface area contributed by atoms with Crippen LogP contribution < -0.4 is 5.73 Å². The standard InChI is InChI=1S/C15H20N2O2/c1-15(14(16)19)7-9-17(10-8-15)13(18)11-12-5-3-2-4-6-12/h2-6H,7-11H2,1H3,(H2,16,19). The molecular formula is C15H20N2O2. The Hall–Kier alpha value is -1.84. The Balaban J connectivity index is 1.91. The average Bonchev–Trinajstić information content (AvgIpc) is 2.40. The molecule has 0 aliphatic carbocycles. The second kappa shape index (κ2) is 5.43. The summed E-state index contributed by atoms with van der Waals surface area (Å²) in [5, 5.41) is 0. The highest BCUT2D eigenvalue weighted by Gasteiger charge is 2.36. The highest BCUT2D eigenvalue weighted by atomic mass is 16.2. The first-order chi connectivity index (χ1) is 9.01. The fourth-order valence-electron chi connectivity index (χ4n) is 2.38. The maximum atomic E-state index is 12.2. The van der Waals surface area contributed by atoms with E-state index in [4.69, 9.17) is 5.73 Å². The zero-order chi connectivity index (χ0) is 13.9. The number of carbonyl (C=O) groups excluding carboxylic acids is 2. The van der Waals surface area contributed by atoms with Crippen LogP contribution in [-0.4, -0.2) is 29.8 Å². The summed E-state index contributed by atoms with van der Waals surface area (Å²) < 4.78 is 0. The second-order valence-electron chi connectivity index (χ2n) is 5.47. The van der Waals surface area contributed by atoms with E-state index in [0.29, 0.717) is 32.4 Å². The normalized spacial score (nSPS) is 18.1. The highest BCUT2D eigenvalue weighted by molar-refractivity contribution is 5.82. The van der Waals surface area contributed by atoms with Crippen LogP contribution in [-0.2, 0) is 16.0 Å². The number of nitrogens with zero attached hydrogens (tertiary/aromatic N) is 1. The minimum absolute atomic E-state index is 0.123. The molecule has 4 nitrogen and oxygen atoms in total. The number of piperidine rings is 1. The molecule has 0 spiro atoms. The number of amides is 2. The lowest BCUT2D eigenvalue weighted by Crippen LogP contribution is -2.47. The molecule has 1 saturated heterocycles. The topological polar surface area (TPSA) is 63.4 Å². The third kappa shape index (κ3) is 3.13. The molecule has 0 saturated carbocycles. The number of carbonyl (C=O) groups is 2. The third-order valence-corrected chi connectivity index (χ3v) is 4.01. The molecule has 1 aromatic carbocycles. The van der Waals surface area contributed by atoms with Crippen LogP contribution in [0.3, 0.4) is 0 Å². The van der Waals surface area contributed by atoms with Crippen molar-refractivity contribution < 1.29 is 9.59 Å². The van der Waals surface area contributed by atoms with Gasteiger partial charge in [-0.15, -0.1) is 0 Å². The van der Waals surface area contributed by atoms with Gasteiger partial charge in [0.15, 0.2) is 0 Å². The van der Waals surface area contributed by atoms with Gasteiger partial charge < -0.3 is 10.6 Å². The van der Waals surface area contributed by atoms with Crippen molar-refractivity contribution in [2.75, 3.05) is 13.1 Å². The molecule has 2 N–H and O–H groups in total. The first kappa shape index (κ1) is 13.6. The van der Waals surface area contributed by atoms with Gasteiger partial charge in [0.25, 0.3) is 0 Å². The van der Waals surface area contributed by atoms with Crippen LogP contribution in [0.15, 0.2) is 30.3 Å². The Bertz CT molecular complexity index is 462. The summed E-state index contributed by atoms with van der Waals surface area (Å²) in [4.78, 5) is 25.4. The van der Waals surface area contributed by atoms with Crippen LogP contribution in [0, 0.1) is 5.41 Å². The number of benzene rings is 1. The molecule has 1 fully saturated rings. The van der Waals surface area contributed by atoms with Crippen molar-refractivity contribution in [3.05, 3.63) is 35.9 Å². The second-order valence-corrected chi connectivity index (χ2v) is 5.47. The highest BCUT2D eigenvalue weighted by Crippen LogP contribution is 2.30. The van der Waals surface area contributed by atoms with Gasteiger partial charge in [0.2, 0.25) is 11.8 Å². The molecule has 0 radical (unpaired) electrons. The monoisotopic (exact) mass is 260 g/mol. The molecule has 0 atom stereocenters. The van der Waals surface area contributed by atoms with E-state index >= 15 is 0 Å².